The van der Waals surface area contributed by atoms with Crippen LogP contribution >= 0.6 is 0 Å². The van der Waals surface area contributed by atoms with E-state index in [2.05, 4.69) is 19.2 Å². The summed E-state index contributed by atoms with van der Waals surface area (Å²) in [5.41, 5.74) is 1.40. The summed E-state index contributed by atoms with van der Waals surface area (Å²) in [7, 11) is -1.95. The number of amides is 1. The summed E-state index contributed by atoms with van der Waals surface area (Å²) >= 11 is 0. The van der Waals surface area contributed by atoms with Gasteiger partial charge in [-0.05, 0) is 42.2 Å². The molecular weight excluding hydrogens is 404 g/mol. The van der Waals surface area contributed by atoms with Crippen molar-refractivity contribution in [3.05, 3.63) is 54.1 Å². The lowest BCUT2D eigenvalue weighted by Gasteiger charge is -2.34. The normalized spacial score (nSPS) is 17.1. The first kappa shape index (κ1) is 22.0. The standard InChI is InChI=1S/C22H28N2O5S/c1-15(2)13-18(16-9-11-17(28-3)12-10-16)23-22(25)21-14-24(30(4,26)27)19-7-5-6-8-20(19)29-21/h5-12,15,18,21H,13-14H2,1-4H3,(H,23,25)/t18-,21-/m0/s1. The minimum Gasteiger partial charge on any atom is -0.497 e. The molecule has 30 heavy (non-hydrogen) atoms. The summed E-state index contributed by atoms with van der Waals surface area (Å²) in [5, 5.41) is 3.05. The lowest BCUT2D eigenvalue weighted by atomic mass is 9.96. The van der Waals surface area contributed by atoms with Gasteiger partial charge in [0.1, 0.15) is 11.5 Å². The molecule has 1 amide bonds. The number of sulfonamides is 1. The number of fused-ring (bicyclic) bond motifs is 1. The van der Waals surface area contributed by atoms with Crippen LogP contribution in [0.3, 0.4) is 0 Å². The number of methoxy groups -OCH3 is 1. The van der Waals surface area contributed by atoms with Crippen LogP contribution in [0.4, 0.5) is 5.69 Å². The van der Waals surface area contributed by atoms with Gasteiger partial charge in [0, 0.05) is 0 Å². The van der Waals surface area contributed by atoms with Gasteiger partial charge in [0.25, 0.3) is 5.91 Å². The first-order valence-electron chi connectivity index (χ1n) is 9.86. The fourth-order valence-electron chi connectivity index (χ4n) is 3.50. The number of nitrogens with one attached hydrogen (secondary N) is 1. The van der Waals surface area contributed by atoms with Crippen LogP contribution in [-0.4, -0.2) is 40.3 Å². The highest BCUT2D eigenvalue weighted by Gasteiger charge is 2.35. The maximum Gasteiger partial charge on any atom is 0.263 e. The molecule has 0 bridgehead atoms. The van der Waals surface area contributed by atoms with E-state index < -0.39 is 16.1 Å². The van der Waals surface area contributed by atoms with Crippen molar-refractivity contribution in [3.8, 4) is 11.5 Å². The van der Waals surface area contributed by atoms with Crippen molar-refractivity contribution in [1.82, 2.24) is 5.32 Å². The summed E-state index contributed by atoms with van der Waals surface area (Å²) in [6, 6.07) is 14.2. The predicted molar refractivity (Wildman–Crippen MR) is 116 cm³/mol. The second kappa shape index (κ2) is 8.95. The van der Waals surface area contributed by atoms with Crippen LogP contribution in [0.5, 0.6) is 11.5 Å². The van der Waals surface area contributed by atoms with E-state index in [0.29, 0.717) is 17.4 Å². The molecular formula is C22H28N2O5S. The quantitative estimate of drug-likeness (QED) is 0.727. The van der Waals surface area contributed by atoms with Crippen LogP contribution in [-0.2, 0) is 14.8 Å². The van der Waals surface area contributed by atoms with Gasteiger partial charge in [-0.1, -0.05) is 38.1 Å². The number of hydrogen-bond acceptors (Lipinski definition) is 5. The molecule has 1 heterocycles. The van der Waals surface area contributed by atoms with Gasteiger partial charge in [-0.3, -0.25) is 9.10 Å². The van der Waals surface area contributed by atoms with E-state index >= 15 is 0 Å². The zero-order chi connectivity index (χ0) is 21.9. The molecule has 1 N–H and O–H groups in total. The molecule has 0 aromatic heterocycles. The Morgan fingerprint density at radius 2 is 1.87 bits per heavy atom. The van der Waals surface area contributed by atoms with E-state index in [-0.39, 0.29) is 18.5 Å². The van der Waals surface area contributed by atoms with Crippen molar-refractivity contribution in [2.75, 3.05) is 24.2 Å². The van der Waals surface area contributed by atoms with Crippen molar-refractivity contribution in [2.24, 2.45) is 5.92 Å². The summed E-state index contributed by atoms with van der Waals surface area (Å²) in [5.74, 6) is 1.11. The Balaban J connectivity index is 1.83. The smallest absolute Gasteiger partial charge is 0.263 e. The average molecular weight is 433 g/mol. The third-order valence-corrected chi connectivity index (χ3v) is 6.12. The summed E-state index contributed by atoms with van der Waals surface area (Å²) in [6.45, 7) is 4.10. The van der Waals surface area contributed by atoms with Crippen LogP contribution in [0.1, 0.15) is 31.9 Å². The van der Waals surface area contributed by atoms with Gasteiger partial charge >= 0.3 is 0 Å². The second-order valence-corrected chi connectivity index (χ2v) is 9.74. The van der Waals surface area contributed by atoms with Gasteiger partial charge in [-0.25, -0.2) is 8.42 Å². The van der Waals surface area contributed by atoms with Gasteiger partial charge in [-0.15, -0.1) is 0 Å². The predicted octanol–water partition coefficient (Wildman–Crippen LogP) is 3.13. The number of benzene rings is 2. The molecule has 0 spiro atoms. The van der Waals surface area contributed by atoms with Gasteiger partial charge in [0.05, 0.1) is 31.6 Å². The van der Waals surface area contributed by atoms with E-state index in [9.17, 15) is 13.2 Å². The minimum atomic E-state index is -3.55. The van der Waals surface area contributed by atoms with E-state index in [1.165, 1.54) is 4.31 Å². The second-order valence-electron chi connectivity index (χ2n) is 7.83. The topological polar surface area (TPSA) is 84.9 Å². The molecule has 0 fully saturated rings. The average Bonchev–Trinajstić information content (AvgIpc) is 2.71. The van der Waals surface area contributed by atoms with Crippen molar-refractivity contribution in [2.45, 2.75) is 32.4 Å². The molecule has 2 atom stereocenters. The number of hydrogen-bond donors (Lipinski definition) is 1. The first-order valence-corrected chi connectivity index (χ1v) is 11.7. The molecule has 2 aromatic rings. The molecule has 0 unspecified atom stereocenters. The van der Waals surface area contributed by atoms with E-state index in [0.717, 1.165) is 24.0 Å². The van der Waals surface area contributed by atoms with Gasteiger partial charge in [0.15, 0.2) is 6.10 Å². The fraction of sp³-hybridized carbons (Fsp3) is 0.409. The minimum absolute atomic E-state index is 0.0707. The van der Waals surface area contributed by atoms with Crippen molar-refractivity contribution in [3.63, 3.8) is 0 Å². The molecule has 3 rings (SSSR count). The Labute approximate surface area is 178 Å². The number of para-hydroxylation sites is 2. The van der Waals surface area contributed by atoms with Gasteiger partial charge in [-0.2, -0.15) is 0 Å². The highest BCUT2D eigenvalue weighted by atomic mass is 32.2. The lowest BCUT2D eigenvalue weighted by molar-refractivity contribution is -0.128. The Hall–Kier alpha value is -2.74. The van der Waals surface area contributed by atoms with Crippen molar-refractivity contribution >= 4 is 21.6 Å². The molecule has 1 aliphatic rings. The highest BCUT2D eigenvalue weighted by molar-refractivity contribution is 7.92. The number of anilines is 1. The molecule has 0 aliphatic carbocycles. The monoisotopic (exact) mass is 432 g/mol. The molecule has 0 saturated heterocycles. The molecule has 162 valence electrons. The van der Waals surface area contributed by atoms with Crippen molar-refractivity contribution < 1.29 is 22.7 Å². The number of nitrogens with zero attached hydrogens (tertiary/aromatic N) is 1. The number of carbonyl (C=O) groups is 1. The molecule has 1 aliphatic heterocycles. The largest absolute Gasteiger partial charge is 0.497 e. The molecule has 0 radical (unpaired) electrons. The maximum atomic E-state index is 13.1. The van der Waals surface area contributed by atoms with E-state index in [1.54, 1.807) is 31.4 Å². The van der Waals surface area contributed by atoms with Crippen LogP contribution < -0.4 is 19.1 Å². The third-order valence-electron chi connectivity index (χ3n) is 4.97. The van der Waals surface area contributed by atoms with Crippen LogP contribution in [0.15, 0.2) is 48.5 Å². The van der Waals surface area contributed by atoms with E-state index in [1.807, 2.05) is 24.3 Å². The lowest BCUT2D eigenvalue weighted by Crippen LogP contribution is -2.51. The van der Waals surface area contributed by atoms with Gasteiger partial charge in [0.2, 0.25) is 10.0 Å². The Bertz CT molecular complexity index is 989. The Morgan fingerprint density at radius 1 is 1.20 bits per heavy atom. The summed E-state index contributed by atoms with van der Waals surface area (Å²) in [4.78, 5) is 13.1. The Morgan fingerprint density at radius 3 is 2.47 bits per heavy atom. The first-order chi connectivity index (χ1) is 14.2. The van der Waals surface area contributed by atoms with Crippen LogP contribution in [0.25, 0.3) is 0 Å². The zero-order valence-electron chi connectivity index (χ0n) is 17.7. The van der Waals surface area contributed by atoms with Crippen LogP contribution in [0, 0.1) is 5.92 Å². The van der Waals surface area contributed by atoms with E-state index in [4.69, 9.17) is 9.47 Å². The fourth-order valence-corrected chi connectivity index (χ4v) is 4.42. The third kappa shape index (κ3) is 5.05. The Kier molecular flexibility index (Phi) is 6.55. The van der Waals surface area contributed by atoms with Crippen LogP contribution in [0.2, 0.25) is 0 Å². The van der Waals surface area contributed by atoms with Crippen molar-refractivity contribution in [1.29, 1.82) is 0 Å². The molecule has 0 saturated carbocycles. The highest BCUT2D eigenvalue weighted by Crippen LogP contribution is 2.35. The molecule has 7 nitrogen and oxygen atoms in total. The SMILES string of the molecule is COc1ccc([C@H](CC(C)C)NC(=O)[C@@H]2CN(S(C)(=O)=O)c3ccccc3O2)cc1. The molecule has 2 aromatic carbocycles. The zero-order valence-corrected chi connectivity index (χ0v) is 18.5. The maximum absolute atomic E-state index is 13.1. The summed E-state index contributed by atoms with van der Waals surface area (Å²) < 4.78 is 36.9. The number of rotatable bonds is 7. The number of ether oxygens (including phenoxy) is 2. The van der Waals surface area contributed by atoms with Gasteiger partial charge < -0.3 is 14.8 Å². The summed E-state index contributed by atoms with van der Waals surface area (Å²) in [6.07, 6.45) is 0.919. The number of carbonyl (C=O) groups excluding carboxylic acids is 1. The molecule has 8 heteroatoms.